The molecule has 2 N–H and O–H groups in total. The van der Waals surface area contributed by atoms with E-state index in [1.807, 2.05) is 0 Å². The number of aromatic nitrogens is 1. The van der Waals surface area contributed by atoms with Crippen molar-refractivity contribution >= 4 is 29.3 Å². The molecule has 1 aromatic carbocycles. The lowest BCUT2D eigenvalue weighted by Gasteiger charge is -2.06. The van der Waals surface area contributed by atoms with E-state index in [1.165, 1.54) is 0 Å². The van der Waals surface area contributed by atoms with E-state index in [4.69, 9.17) is 9.26 Å². The highest BCUT2D eigenvalue weighted by atomic mass is 16.5. The van der Waals surface area contributed by atoms with E-state index in [2.05, 4.69) is 15.8 Å². The van der Waals surface area contributed by atoms with E-state index in [1.54, 1.807) is 44.2 Å². The molecule has 3 rings (SSSR count). The van der Waals surface area contributed by atoms with Crippen LogP contribution in [0.2, 0.25) is 0 Å². The molecule has 0 radical (unpaired) electrons. The van der Waals surface area contributed by atoms with Gasteiger partial charge in [0.25, 0.3) is 0 Å². The van der Waals surface area contributed by atoms with Crippen molar-refractivity contribution in [2.75, 3.05) is 17.2 Å². The molecule has 8 heteroatoms. The third-order valence-corrected chi connectivity index (χ3v) is 4.01. The van der Waals surface area contributed by atoms with Crippen molar-refractivity contribution in [1.82, 2.24) is 5.16 Å². The number of aryl methyl sites for hydroxylation is 1. The summed E-state index contributed by atoms with van der Waals surface area (Å²) in [4.78, 5) is 36.0. The monoisotopic (exact) mass is 357 g/mol. The second kappa shape index (κ2) is 7.38. The zero-order chi connectivity index (χ0) is 18.7. The molecule has 1 heterocycles. The van der Waals surface area contributed by atoms with Crippen LogP contribution in [-0.2, 0) is 14.3 Å². The van der Waals surface area contributed by atoms with Gasteiger partial charge in [-0.3, -0.25) is 9.59 Å². The van der Waals surface area contributed by atoms with Gasteiger partial charge in [0, 0.05) is 11.8 Å². The Hall–Kier alpha value is -3.16. The number of ether oxygens (including phenoxy) is 1. The Kier molecular flexibility index (Phi) is 5.01. The van der Waals surface area contributed by atoms with Gasteiger partial charge in [0.1, 0.15) is 5.76 Å². The van der Waals surface area contributed by atoms with Crippen LogP contribution >= 0.6 is 0 Å². The molecule has 2 atom stereocenters. The Bertz CT molecular complexity index is 828. The van der Waals surface area contributed by atoms with Gasteiger partial charge in [0.2, 0.25) is 11.8 Å². The summed E-state index contributed by atoms with van der Waals surface area (Å²) in [5.74, 6) is -0.725. The minimum absolute atomic E-state index is 0.231. The van der Waals surface area contributed by atoms with Gasteiger partial charge < -0.3 is 19.9 Å². The average Bonchev–Trinajstić information content (AvgIpc) is 3.33. The van der Waals surface area contributed by atoms with Crippen molar-refractivity contribution < 1.29 is 23.6 Å². The maximum atomic E-state index is 12.3. The van der Waals surface area contributed by atoms with Crippen LogP contribution in [0.15, 0.2) is 34.9 Å². The van der Waals surface area contributed by atoms with E-state index in [0.29, 0.717) is 35.9 Å². The molecule has 8 nitrogen and oxygen atoms in total. The van der Waals surface area contributed by atoms with E-state index < -0.39 is 5.97 Å². The van der Waals surface area contributed by atoms with Crippen molar-refractivity contribution in [3.63, 3.8) is 0 Å². The van der Waals surface area contributed by atoms with Gasteiger partial charge in [-0.1, -0.05) is 5.16 Å². The molecular weight excluding hydrogens is 338 g/mol. The van der Waals surface area contributed by atoms with Gasteiger partial charge in [0.15, 0.2) is 5.82 Å². The van der Waals surface area contributed by atoms with Gasteiger partial charge in [0.05, 0.1) is 24.0 Å². The van der Waals surface area contributed by atoms with Gasteiger partial charge in [-0.25, -0.2) is 4.79 Å². The van der Waals surface area contributed by atoms with Crippen molar-refractivity contribution in [3.05, 3.63) is 41.7 Å². The van der Waals surface area contributed by atoms with Gasteiger partial charge in [-0.15, -0.1) is 0 Å². The first-order valence-corrected chi connectivity index (χ1v) is 8.30. The largest absolute Gasteiger partial charge is 0.462 e. The minimum Gasteiger partial charge on any atom is -0.462 e. The fraction of sp³-hybridized carbons (Fsp3) is 0.333. The summed E-state index contributed by atoms with van der Waals surface area (Å²) in [6.45, 7) is 3.76. The number of esters is 1. The molecule has 1 fully saturated rings. The summed E-state index contributed by atoms with van der Waals surface area (Å²) in [6, 6.07) is 8.02. The number of hydrogen-bond acceptors (Lipinski definition) is 6. The summed E-state index contributed by atoms with van der Waals surface area (Å²) < 4.78 is 9.79. The molecule has 1 saturated carbocycles. The first-order valence-electron chi connectivity index (χ1n) is 8.30. The first-order chi connectivity index (χ1) is 12.5. The molecule has 136 valence electrons. The number of hydrogen-bond donors (Lipinski definition) is 2. The van der Waals surface area contributed by atoms with Gasteiger partial charge >= 0.3 is 5.97 Å². The highest BCUT2D eigenvalue weighted by Crippen LogP contribution is 2.40. The Morgan fingerprint density at radius 3 is 2.38 bits per heavy atom. The van der Waals surface area contributed by atoms with Crippen LogP contribution in [-0.4, -0.2) is 29.5 Å². The van der Waals surface area contributed by atoms with Crippen molar-refractivity contribution in [2.24, 2.45) is 11.8 Å². The van der Waals surface area contributed by atoms with E-state index in [0.717, 1.165) is 0 Å². The highest BCUT2D eigenvalue weighted by Gasteiger charge is 2.48. The predicted molar refractivity (Wildman–Crippen MR) is 92.5 cm³/mol. The van der Waals surface area contributed by atoms with Gasteiger partial charge in [-0.05, 0) is 44.5 Å². The van der Waals surface area contributed by atoms with Crippen molar-refractivity contribution in [3.8, 4) is 0 Å². The lowest BCUT2D eigenvalue weighted by Crippen LogP contribution is -2.20. The van der Waals surface area contributed by atoms with Crippen molar-refractivity contribution in [1.29, 1.82) is 0 Å². The molecule has 0 bridgehead atoms. The standard InChI is InChI=1S/C18H19N3O5/c1-3-25-18(24)11-4-6-12(7-5-11)19-16(22)13-9-14(13)17(23)20-15-8-10(2)26-21-15/h4-8,13-14H,3,9H2,1-2H3,(H,19,22)(H,20,21,23). The minimum atomic E-state index is -0.410. The zero-order valence-corrected chi connectivity index (χ0v) is 14.4. The fourth-order valence-electron chi connectivity index (χ4n) is 2.56. The summed E-state index contributed by atoms with van der Waals surface area (Å²) in [6.07, 6.45) is 0.482. The van der Waals surface area contributed by atoms with E-state index >= 15 is 0 Å². The lowest BCUT2D eigenvalue weighted by molar-refractivity contribution is -0.122. The van der Waals surface area contributed by atoms with Crippen LogP contribution in [0.25, 0.3) is 0 Å². The number of rotatable bonds is 6. The second-order valence-electron chi connectivity index (χ2n) is 6.05. The smallest absolute Gasteiger partial charge is 0.338 e. The second-order valence-corrected chi connectivity index (χ2v) is 6.05. The number of benzene rings is 1. The van der Waals surface area contributed by atoms with Crippen molar-refractivity contribution in [2.45, 2.75) is 20.3 Å². The van der Waals surface area contributed by atoms with E-state index in [9.17, 15) is 14.4 Å². The molecule has 26 heavy (non-hydrogen) atoms. The molecule has 0 aliphatic heterocycles. The van der Waals surface area contributed by atoms with Gasteiger partial charge in [-0.2, -0.15) is 0 Å². The number of amides is 2. The van der Waals surface area contributed by atoms with Crippen LogP contribution in [0.3, 0.4) is 0 Å². The summed E-state index contributed by atoms with van der Waals surface area (Å²) in [7, 11) is 0. The molecule has 2 amide bonds. The third-order valence-electron chi connectivity index (χ3n) is 4.01. The Balaban J connectivity index is 1.51. The number of carbonyl (C=O) groups is 3. The summed E-state index contributed by atoms with van der Waals surface area (Å²) in [5.41, 5.74) is 0.970. The summed E-state index contributed by atoms with van der Waals surface area (Å²) >= 11 is 0. The third kappa shape index (κ3) is 4.08. The van der Waals surface area contributed by atoms with Crippen LogP contribution < -0.4 is 10.6 Å². The molecule has 2 aromatic rings. The van der Waals surface area contributed by atoms with Crippen LogP contribution in [0, 0.1) is 18.8 Å². The van der Waals surface area contributed by atoms with Crippen LogP contribution in [0.4, 0.5) is 11.5 Å². The normalized spacial score (nSPS) is 18.1. The highest BCUT2D eigenvalue weighted by molar-refractivity contribution is 6.03. The predicted octanol–water partition coefficient (Wildman–Crippen LogP) is 2.37. The molecule has 2 unspecified atom stereocenters. The maximum Gasteiger partial charge on any atom is 0.338 e. The fourth-order valence-corrected chi connectivity index (χ4v) is 2.56. The first kappa shape index (κ1) is 17.7. The van der Waals surface area contributed by atoms with Crippen LogP contribution in [0.1, 0.15) is 29.5 Å². The maximum absolute atomic E-state index is 12.3. The molecular formula is C18H19N3O5. The van der Waals surface area contributed by atoms with E-state index in [-0.39, 0.29) is 23.7 Å². The number of nitrogens with one attached hydrogen (secondary N) is 2. The Morgan fingerprint density at radius 2 is 1.81 bits per heavy atom. The average molecular weight is 357 g/mol. The molecule has 1 aliphatic carbocycles. The Morgan fingerprint density at radius 1 is 1.15 bits per heavy atom. The topological polar surface area (TPSA) is 111 Å². The molecule has 0 spiro atoms. The molecule has 1 aromatic heterocycles. The molecule has 0 saturated heterocycles. The molecule has 1 aliphatic rings. The zero-order valence-electron chi connectivity index (χ0n) is 14.4. The number of nitrogens with zero attached hydrogens (tertiary/aromatic N) is 1. The Labute approximate surface area is 149 Å². The lowest BCUT2D eigenvalue weighted by atomic mass is 10.2. The summed E-state index contributed by atoms with van der Waals surface area (Å²) in [5, 5.41) is 9.07. The SMILES string of the molecule is CCOC(=O)c1ccc(NC(=O)C2CC2C(=O)Nc2cc(C)on2)cc1. The number of anilines is 2. The number of carbonyl (C=O) groups excluding carboxylic acids is 3. The quantitative estimate of drug-likeness (QED) is 0.768. The van der Waals surface area contributed by atoms with Crippen LogP contribution in [0.5, 0.6) is 0 Å².